The highest BCUT2D eigenvalue weighted by Gasteiger charge is 2.41. The van der Waals surface area contributed by atoms with Gasteiger partial charge in [-0.3, -0.25) is 14.4 Å². The minimum atomic E-state index is -0.230. The molecule has 2 aliphatic heterocycles. The van der Waals surface area contributed by atoms with E-state index in [1.54, 1.807) is 34.1 Å². The number of nitrogens with zero attached hydrogens (tertiary/aromatic N) is 2. The summed E-state index contributed by atoms with van der Waals surface area (Å²) in [5.74, 6) is -0.424. The van der Waals surface area contributed by atoms with Crippen LogP contribution >= 0.6 is 11.6 Å². The topological polar surface area (TPSA) is 69.7 Å². The summed E-state index contributed by atoms with van der Waals surface area (Å²) in [6.45, 7) is 2.49. The fraction of sp³-hybridized carbons (Fsp3) is 0.438. The summed E-state index contributed by atoms with van der Waals surface area (Å²) in [6.07, 6.45) is 0.664. The monoisotopic (exact) mass is 335 g/mol. The molecule has 1 aromatic carbocycles. The van der Waals surface area contributed by atoms with Gasteiger partial charge in [-0.25, -0.2) is 0 Å². The number of hydrogen-bond donors (Lipinski definition) is 1. The third kappa shape index (κ3) is 3.17. The zero-order valence-corrected chi connectivity index (χ0v) is 13.5. The van der Waals surface area contributed by atoms with Gasteiger partial charge in [0.05, 0.1) is 16.6 Å². The number of rotatable bonds is 2. The van der Waals surface area contributed by atoms with Gasteiger partial charge >= 0.3 is 0 Å². The minimum absolute atomic E-state index is 0.0446. The lowest BCUT2D eigenvalue weighted by atomic mass is 10.1. The Balaban J connectivity index is 1.73. The van der Waals surface area contributed by atoms with Crippen LogP contribution in [-0.4, -0.2) is 59.2 Å². The average Bonchev–Trinajstić information content (AvgIpc) is 2.89. The Kier molecular flexibility index (Phi) is 4.26. The van der Waals surface area contributed by atoms with Crippen LogP contribution in [0.4, 0.5) is 0 Å². The molecule has 2 heterocycles. The normalized spacial score (nSPS) is 23.7. The lowest BCUT2D eigenvalue weighted by molar-refractivity contribution is -0.136. The summed E-state index contributed by atoms with van der Waals surface area (Å²) in [5, 5.41) is 3.23. The van der Waals surface area contributed by atoms with Crippen LogP contribution in [-0.2, 0) is 9.59 Å². The lowest BCUT2D eigenvalue weighted by Crippen LogP contribution is -2.55. The van der Waals surface area contributed by atoms with E-state index < -0.39 is 0 Å². The highest BCUT2D eigenvalue weighted by atomic mass is 35.5. The van der Waals surface area contributed by atoms with Crippen LogP contribution in [0.15, 0.2) is 24.3 Å². The van der Waals surface area contributed by atoms with Crippen LogP contribution < -0.4 is 5.32 Å². The van der Waals surface area contributed by atoms with E-state index in [2.05, 4.69) is 5.32 Å². The molecule has 2 fully saturated rings. The smallest absolute Gasteiger partial charge is 0.255 e. The number of fused-ring (bicyclic) bond motifs is 1. The van der Waals surface area contributed by atoms with E-state index in [0.29, 0.717) is 30.1 Å². The first-order valence-electron chi connectivity index (χ1n) is 7.56. The van der Waals surface area contributed by atoms with Crippen molar-refractivity contribution in [1.29, 1.82) is 0 Å². The molecule has 3 amide bonds. The molecule has 0 bridgehead atoms. The summed E-state index contributed by atoms with van der Waals surface area (Å²) in [4.78, 5) is 39.4. The van der Waals surface area contributed by atoms with Gasteiger partial charge in [0.1, 0.15) is 6.54 Å². The molecule has 2 unspecified atom stereocenters. The van der Waals surface area contributed by atoms with E-state index in [-0.39, 0.29) is 36.3 Å². The summed E-state index contributed by atoms with van der Waals surface area (Å²) < 4.78 is 0. The second-order valence-corrected chi connectivity index (χ2v) is 6.41. The maximum atomic E-state index is 12.6. The Labute approximate surface area is 139 Å². The number of amides is 3. The van der Waals surface area contributed by atoms with E-state index in [9.17, 15) is 14.4 Å². The Morgan fingerprint density at radius 1 is 1.26 bits per heavy atom. The lowest BCUT2D eigenvalue weighted by Gasteiger charge is -2.37. The van der Waals surface area contributed by atoms with Gasteiger partial charge in [0.15, 0.2) is 0 Å². The molecule has 122 valence electrons. The zero-order valence-electron chi connectivity index (χ0n) is 12.8. The van der Waals surface area contributed by atoms with Gasteiger partial charge in [0, 0.05) is 26.1 Å². The van der Waals surface area contributed by atoms with Crippen LogP contribution in [0.3, 0.4) is 0 Å². The third-order valence-corrected chi connectivity index (χ3v) is 4.62. The molecule has 1 N–H and O–H groups in total. The number of halogens is 1. The molecular formula is C16H18ClN3O3. The SMILES string of the molecule is CC(=O)NC1CC2CN(C(=O)c3ccccc3Cl)CC(=O)N2C1. The number of carbonyl (C=O) groups is 3. The molecule has 0 aliphatic carbocycles. The number of benzene rings is 1. The standard InChI is InChI=1S/C16H18ClN3O3/c1-10(21)18-11-6-12-8-19(9-15(22)20(12)7-11)16(23)13-4-2-3-5-14(13)17/h2-5,11-12H,6-9H2,1H3,(H,18,21). The number of piperazine rings is 1. The van der Waals surface area contributed by atoms with E-state index >= 15 is 0 Å². The Morgan fingerprint density at radius 3 is 2.70 bits per heavy atom. The first-order valence-corrected chi connectivity index (χ1v) is 7.94. The Bertz CT molecular complexity index is 664. The van der Waals surface area contributed by atoms with E-state index in [4.69, 9.17) is 11.6 Å². The molecule has 23 heavy (non-hydrogen) atoms. The average molecular weight is 336 g/mol. The summed E-state index contributed by atoms with van der Waals surface area (Å²) in [6, 6.07) is 6.73. The Hall–Kier alpha value is -2.08. The zero-order chi connectivity index (χ0) is 16.6. The molecule has 2 saturated heterocycles. The van der Waals surface area contributed by atoms with Gasteiger partial charge < -0.3 is 15.1 Å². The van der Waals surface area contributed by atoms with Gasteiger partial charge in [-0.2, -0.15) is 0 Å². The second-order valence-electron chi connectivity index (χ2n) is 6.00. The number of nitrogens with one attached hydrogen (secondary N) is 1. The molecule has 0 radical (unpaired) electrons. The molecule has 1 aromatic rings. The molecule has 2 atom stereocenters. The van der Waals surface area contributed by atoms with Crippen molar-refractivity contribution in [2.24, 2.45) is 0 Å². The van der Waals surface area contributed by atoms with Crippen molar-refractivity contribution in [3.8, 4) is 0 Å². The summed E-state index contributed by atoms with van der Waals surface area (Å²) in [7, 11) is 0. The van der Waals surface area contributed by atoms with Crippen LogP contribution in [0.5, 0.6) is 0 Å². The van der Waals surface area contributed by atoms with Crippen molar-refractivity contribution < 1.29 is 14.4 Å². The molecular weight excluding hydrogens is 318 g/mol. The van der Waals surface area contributed by atoms with Crippen LogP contribution in [0.1, 0.15) is 23.7 Å². The minimum Gasteiger partial charge on any atom is -0.352 e. The van der Waals surface area contributed by atoms with Crippen LogP contribution in [0.2, 0.25) is 5.02 Å². The van der Waals surface area contributed by atoms with Gasteiger partial charge in [0.25, 0.3) is 5.91 Å². The van der Waals surface area contributed by atoms with Crippen molar-refractivity contribution in [1.82, 2.24) is 15.1 Å². The van der Waals surface area contributed by atoms with Crippen LogP contribution in [0.25, 0.3) is 0 Å². The fourth-order valence-electron chi connectivity index (χ4n) is 3.32. The van der Waals surface area contributed by atoms with E-state index in [1.807, 2.05) is 0 Å². The maximum Gasteiger partial charge on any atom is 0.255 e. The van der Waals surface area contributed by atoms with Gasteiger partial charge in [-0.05, 0) is 18.6 Å². The largest absolute Gasteiger partial charge is 0.352 e. The van der Waals surface area contributed by atoms with Crippen molar-refractivity contribution >= 4 is 29.3 Å². The quantitative estimate of drug-likeness (QED) is 0.873. The van der Waals surface area contributed by atoms with Crippen molar-refractivity contribution in [3.05, 3.63) is 34.9 Å². The van der Waals surface area contributed by atoms with Crippen molar-refractivity contribution in [2.75, 3.05) is 19.6 Å². The summed E-state index contributed by atoms with van der Waals surface area (Å²) in [5.41, 5.74) is 0.409. The molecule has 0 aromatic heterocycles. The molecule has 2 aliphatic rings. The molecule has 7 heteroatoms. The third-order valence-electron chi connectivity index (χ3n) is 4.29. The van der Waals surface area contributed by atoms with Crippen molar-refractivity contribution in [2.45, 2.75) is 25.4 Å². The van der Waals surface area contributed by atoms with E-state index in [0.717, 1.165) is 0 Å². The second kappa shape index (κ2) is 6.20. The first-order chi connectivity index (χ1) is 11.0. The highest BCUT2D eigenvalue weighted by molar-refractivity contribution is 6.33. The number of carbonyl (C=O) groups excluding carboxylic acids is 3. The van der Waals surface area contributed by atoms with Gasteiger partial charge in [-0.15, -0.1) is 0 Å². The van der Waals surface area contributed by atoms with Gasteiger partial charge in [0.2, 0.25) is 11.8 Å². The van der Waals surface area contributed by atoms with Crippen LogP contribution in [0, 0.1) is 0 Å². The van der Waals surface area contributed by atoms with Gasteiger partial charge in [-0.1, -0.05) is 23.7 Å². The molecule has 0 saturated carbocycles. The number of hydrogen-bond acceptors (Lipinski definition) is 3. The summed E-state index contributed by atoms with van der Waals surface area (Å²) >= 11 is 6.08. The fourth-order valence-corrected chi connectivity index (χ4v) is 3.54. The molecule has 6 nitrogen and oxygen atoms in total. The Morgan fingerprint density at radius 2 is 2.00 bits per heavy atom. The molecule has 3 rings (SSSR count). The predicted molar refractivity (Wildman–Crippen MR) is 85.1 cm³/mol. The maximum absolute atomic E-state index is 12.6. The van der Waals surface area contributed by atoms with Crippen molar-refractivity contribution in [3.63, 3.8) is 0 Å². The van der Waals surface area contributed by atoms with E-state index in [1.165, 1.54) is 6.92 Å². The first kappa shape index (κ1) is 15.8. The molecule has 0 spiro atoms. The highest BCUT2D eigenvalue weighted by Crippen LogP contribution is 2.25. The predicted octanol–water partition coefficient (Wildman–Crippen LogP) is 0.901.